The van der Waals surface area contributed by atoms with Crippen LogP contribution in [0.4, 0.5) is 4.39 Å². The summed E-state index contributed by atoms with van der Waals surface area (Å²) in [4.78, 5) is 0. The normalized spacial score (nSPS) is 12.6. The van der Waals surface area contributed by atoms with Crippen molar-refractivity contribution >= 4 is 15.9 Å². The minimum Gasteiger partial charge on any atom is -0.491 e. The molecule has 0 saturated carbocycles. The van der Waals surface area contributed by atoms with Crippen LogP contribution in [0.5, 0.6) is 5.75 Å². The van der Waals surface area contributed by atoms with E-state index in [1.165, 1.54) is 0 Å². The second kappa shape index (κ2) is 5.32. The fourth-order valence-corrected chi connectivity index (χ4v) is 1.53. The van der Waals surface area contributed by atoms with Crippen LogP contribution in [-0.2, 0) is 0 Å². The number of halogens is 2. The van der Waals surface area contributed by atoms with E-state index in [2.05, 4.69) is 15.9 Å². The van der Waals surface area contributed by atoms with E-state index in [0.29, 0.717) is 5.75 Å². The van der Waals surface area contributed by atoms with Gasteiger partial charge in [-0.25, -0.2) is 4.39 Å². The highest BCUT2D eigenvalue weighted by Gasteiger charge is 2.08. The van der Waals surface area contributed by atoms with E-state index in [0.717, 1.165) is 10.0 Å². The second-order valence-electron chi connectivity index (χ2n) is 3.01. The van der Waals surface area contributed by atoms with Crippen LogP contribution in [0.3, 0.4) is 0 Å². The molecule has 2 nitrogen and oxygen atoms in total. The van der Waals surface area contributed by atoms with E-state index in [1.807, 2.05) is 19.1 Å². The highest BCUT2D eigenvalue weighted by atomic mass is 79.9. The van der Waals surface area contributed by atoms with Crippen LogP contribution in [-0.4, -0.2) is 13.3 Å². The van der Waals surface area contributed by atoms with Gasteiger partial charge in [0.15, 0.2) is 0 Å². The Morgan fingerprint density at radius 3 is 2.86 bits per heavy atom. The van der Waals surface area contributed by atoms with Crippen molar-refractivity contribution in [2.45, 2.75) is 13.0 Å². The van der Waals surface area contributed by atoms with Crippen molar-refractivity contribution in [3.05, 3.63) is 28.2 Å². The average molecular weight is 262 g/mol. The summed E-state index contributed by atoms with van der Waals surface area (Å²) >= 11 is 3.35. The monoisotopic (exact) mass is 261 g/mol. The summed E-state index contributed by atoms with van der Waals surface area (Å²) in [5.41, 5.74) is 6.64. The summed E-state index contributed by atoms with van der Waals surface area (Å²) in [6.45, 7) is 1.44. The first kappa shape index (κ1) is 11.5. The van der Waals surface area contributed by atoms with Gasteiger partial charge in [0.05, 0.1) is 0 Å². The molecule has 0 heterocycles. The number of nitrogens with two attached hydrogens (primary N) is 1. The molecule has 0 amide bonds. The molecule has 0 radical (unpaired) electrons. The number of rotatable bonds is 4. The Bertz CT molecular complexity index is 304. The summed E-state index contributed by atoms with van der Waals surface area (Å²) < 4.78 is 18.1. The predicted molar refractivity (Wildman–Crippen MR) is 58.2 cm³/mol. The van der Waals surface area contributed by atoms with Crippen LogP contribution in [0, 0.1) is 0 Å². The molecule has 1 aromatic rings. The van der Waals surface area contributed by atoms with Gasteiger partial charge in [0.2, 0.25) is 0 Å². The minimum atomic E-state index is -0.492. The summed E-state index contributed by atoms with van der Waals surface area (Å²) in [5.74, 6) is 0.654. The van der Waals surface area contributed by atoms with Crippen molar-refractivity contribution in [3.8, 4) is 5.75 Å². The first-order valence-electron chi connectivity index (χ1n) is 4.39. The summed E-state index contributed by atoms with van der Waals surface area (Å²) in [6, 6.07) is 5.40. The molecule has 4 heteroatoms. The highest BCUT2D eigenvalue weighted by molar-refractivity contribution is 9.10. The zero-order chi connectivity index (χ0) is 10.6. The molecule has 1 atom stereocenters. The first-order chi connectivity index (χ1) is 6.65. The Kier molecular flexibility index (Phi) is 4.35. The molecule has 0 aliphatic rings. The van der Waals surface area contributed by atoms with Crippen molar-refractivity contribution < 1.29 is 9.13 Å². The molecule has 2 N–H and O–H groups in total. The zero-order valence-corrected chi connectivity index (χ0v) is 9.55. The minimum absolute atomic E-state index is 0.0708. The maximum absolute atomic E-state index is 11.9. The average Bonchev–Trinajstić information content (AvgIpc) is 2.15. The van der Waals surface area contributed by atoms with Crippen molar-refractivity contribution in [2.75, 3.05) is 13.3 Å². The van der Waals surface area contributed by atoms with Crippen molar-refractivity contribution in [3.63, 3.8) is 0 Å². The SMILES string of the molecule is C[C@@H](N)c1cc(Br)ccc1OCCF. The molecule has 14 heavy (non-hydrogen) atoms. The van der Waals surface area contributed by atoms with E-state index in [9.17, 15) is 4.39 Å². The van der Waals surface area contributed by atoms with Crippen LogP contribution >= 0.6 is 15.9 Å². The smallest absolute Gasteiger partial charge is 0.124 e. The fourth-order valence-electron chi connectivity index (χ4n) is 1.16. The van der Waals surface area contributed by atoms with Gasteiger partial charge in [0, 0.05) is 16.1 Å². The van der Waals surface area contributed by atoms with E-state index in [-0.39, 0.29) is 12.6 Å². The van der Waals surface area contributed by atoms with E-state index in [1.54, 1.807) is 6.07 Å². The molecule has 0 fully saturated rings. The Morgan fingerprint density at radius 1 is 1.57 bits per heavy atom. The maximum Gasteiger partial charge on any atom is 0.124 e. The number of hydrogen-bond acceptors (Lipinski definition) is 2. The van der Waals surface area contributed by atoms with Gasteiger partial charge in [-0.2, -0.15) is 0 Å². The summed E-state index contributed by atoms with van der Waals surface area (Å²) in [7, 11) is 0. The predicted octanol–water partition coefficient (Wildman–Crippen LogP) is 2.82. The third-order valence-electron chi connectivity index (χ3n) is 1.80. The van der Waals surface area contributed by atoms with Gasteiger partial charge in [-0.05, 0) is 25.1 Å². The van der Waals surface area contributed by atoms with Gasteiger partial charge in [0.1, 0.15) is 19.0 Å². The largest absolute Gasteiger partial charge is 0.491 e. The molecule has 0 spiro atoms. The molecule has 78 valence electrons. The Labute approximate surface area is 91.4 Å². The Morgan fingerprint density at radius 2 is 2.29 bits per heavy atom. The molecule has 0 aliphatic carbocycles. The molecule has 0 unspecified atom stereocenters. The van der Waals surface area contributed by atoms with Crippen LogP contribution in [0.1, 0.15) is 18.5 Å². The number of hydrogen-bond donors (Lipinski definition) is 1. The van der Waals surface area contributed by atoms with E-state index < -0.39 is 6.67 Å². The van der Waals surface area contributed by atoms with Crippen molar-refractivity contribution in [1.29, 1.82) is 0 Å². The van der Waals surface area contributed by atoms with Gasteiger partial charge in [-0.1, -0.05) is 15.9 Å². The number of ether oxygens (including phenoxy) is 1. The molecular formula is C10H13BrFNO. The summed E-state index contributed by atoms with van der Waals surface area (Å²) in [6.07, 6.45) is 0. The highest BCUT2D eigenvalue weighted by Crippen LogP contribution is 2.27. The number of alkyl halides is 1. The third kappa shape index (κ3) is 2.96. The standard InChI is InChI=1S/C10H13BrFNO/c1-7(13)9-6-8(11)2-3-10(9)14-5-4-12/h2-3,6-7H,4-5,13H2,1H3/t7-/m1/s1. The van der Waals surface area contributed by atoms with Gasteiger partial charge >= 0.3 is 0 Å². The van der Waals surface area contributed by atoms with E-state index in [4.69, 9.17) is 10.5 Å². The molecular weight excluding hydrogens is 249 g/mol. The van der Waals surface area contributed by atoms with Crippen LogP contribution in [0.2, 0.25) is 0 Å². The van der Waals surface area contributed by atoms with E-state index >= 15 is 0 Å². The zero-order valence-electron chi connectivity index (χ0n) is 7.97. The second-order valence-corrected chi connectivity index (χ2v) is 3.92. The molecule has 1 rings (SSSR count). The van der Waals surface area contributed by atoms with Crippen molar-refractivity contribution in [1.82, 2.24) is 0 Å². The quantitative estimate of drug-likeness (QED) is 0.905. The lowest BCUT2D eigenvalue weighted by Gasteiger charge is -2.13. The van der Waals surface area contributed by atoms with Crippen LogP contribution in [0.15, 0.2) is 22.7 Å². The number of benzene rings is 1. The van der Waals surface area contributed by atoms with Gasteiger partial charge < -0.3 is 10.5 Å². The lowest BCUT2D eigenvalue weighted by atomic mass is 10.1. The maximum atomic E-state index is 11.9. The molecule has 0 saturated heterocycles. The van der Waals surface area contributed by atoms with Crippen molar-refractivity contribution in [2.24, 2.45) is 5.73 Å². The van der Waals surface area contributed by atoms with Gasteiger partial charge in [-0.3, -0.25) is 0 Å². The fraction of sp³-hybridized carbons (Fsp3) is 0.400. The molecule has 1 aromatic carbocycles. The Balaban J connectivity index is 2.90. The van der Waals surface area contributed by atoms with Crippen LogP contribution < -0.4 is 10.5 Å². The molecule has 0 aliphatic heterocycles. The van der Waals surface area contributed by atoms with Crippen LogP contribution in [0.25, 0.3) is 0 Å². The topological polar surface area (TPSA) is 35.2 Å². The first-order valence-corrected chi connectivity index (χ1v) is 5.18. The third-order valence-corrected chi connectivity index (χ3v) is 2.29. The summed E-state index contributed by atoms with van der Waals surface area (Å²) in [5, 5.41) is 0. The Hall–Kier alpha value is -0.610. The van der Waals surface area contributed by atoms with Gasteiger partial charge in [-0.15, -0.1) is 0 Å². The lowest BCUT2D eigenvalue weighted by molar-refractivity contribution is 0.270. The lowest BCUT2D eigenvalue weighted by Crippen LogP contribution is -2.09. The molecule has 0 bridgehead atoms. The molecule has 0 aromatic heterocycles. The van der Waals surface area contributed by atoms with Gasteiger partial charge in [0.25, 0.3) is 0 Å².